The number of carboxylic acid groups (broad SMARTS) is 1. The van der Waals surface area contributed by atoms with Crippen molar-refractivity contribution in [2.75, 3.05) is 6.26 Å². The highest BCUT2D eigenvalue weighted by Crippen LogP contribution is 2.33. The maximum Gasteiger partial charge on any atom is 0.335 e. The Bertz CT molecular complexity index is 1130. The van der Waals surface area contributed by atoms with Crippen molar-refractivity contribution in [3.05, 3.63) is 64.2 Å². The fourth-order valence-electron chi connectivity index (χ4n) is 2.98. The molecular formula is C21H25F2N3O5S. The molecule has 0 radical (unpaired) electrons. The second-order valence-corrected chi connectivity index (χ2v) is 8.55. The number of rotatable bonds is 6. The van der Waals surface area contributed by atoms with Crippen molar-refractivity contribution in [3.8, 4) is 0 Å². The van der Waals surface area contributed by atoms with Gasteiger partial charge >= 0.3 is 5.97 Å². The molecule has 8 nitrogen and oxygen atoms in total. The molecule has 0 fully saturated rings. The molecule has 0 saturated carbocycles. The van der Waals surface area contributed by atoms with Crippen LogP contribution in [0.3, 0.4) is 0 Å². The van der Waals surface area contributed by atoms with Crippen molar-refractivity contribution in [2.45, 2.75) is 38.0 Å². The number of sulfone groups is 1. The van der Waals surface area contributed by atoms with Crippen LogP contribution >= 0.6 is 0 Å². The lowest BCUT2D eigenvalue weighted by Crippen LogP contribution is -2.24. The summed E-state index contributed by atoms with van der Waals surface area (Å²) in [4.78, 5) is 25.0. The van der Waals surface area contributed by atoms with E-state index in [4.69, 9.17) is 16.6 Å². The summed E-state index contributed by atoms with van der Waals surface area (Å²) in [6.45, 7) is 3.57. The third-order valence-corrected chi connectivity index (χ3v) is 5.56. The Morgan fingerprint density at radius 3 is 1.97 bits per heavy atom. The number of aryl methyl sites for hydroxylation is 2. The highest BCUT2D eigenvalue weighted by molar-refractivity contribution is 7.90. The normalized spacial score (nSPS) is 10.8. The minimum atomic E-state index is -3.95. The Labute approximate surface area is 184 Å². The number of benzene rings is 2. The molecule has 2 aromatic carbocycles. The Kier molecular flexibility index (Phi) is 9.45. The van der Waals surface area contributed by atoms with Gasteiger partial charge in [-0.25, -0.2) is 22.0 Å². The van der Waals surface area contributed by atoms with Crippen LogP contribution in [0.5, 0.6) is 0 Å². The van der Waals surface area contributed by atoms with Gasteiger partial charge in [0.15, 0.2) is 15.8 Å². The number of guanidine groups is 1. The molecule has 0 unspecified atom stereocenters. The third-order valence-electron chi connectivity index (χ3n) is 4.34. The summed E-state index contributed by atoms with van der Waals surface area (Å²) in [6, 6.07) is 9.46. The number of hydrogen-bond donors (Lipinski definition) is 3. The van der Waals surface area contributed by atoms with E-state index in [2.05, 4.69) is 4.99 Å². The lowest BCUT2D eigenvalue weighted by atomic mass is 10.0. The zero-order valence-corrected chi connectivity index (χ0v) is 18.6. The molecule has 0 aliphatic heterocycles. The number of amides is 1. The summed E-state index contributed by atoms with van der Waals surface area (Å²) in [5.41, 5.74) is 10.2. The van der Waals surface area contributed by atoms with E-state index in [0.29, 0.717) is 5.56 Å². The zero-order valence-electron chi connectivity index (χ0n) is 17.8. The van der Waals surface area contributed by atoms with E-state index in [9.17, 15) is 26.8 Å². The van der Waals surface area contributed by atoms with E-state index < -0.39 is 50.1 Å². The SMILES string of the molecule is CCc1ccc(C(=O)N=C(N)N)c(C(F)F)c1S(C)(=O)=O.CCc1ccccc1C(=O)O. The van der Waals surface area contributed by atoms with Gasteiger partial charge in [-0.2, -0.15) is 4.99 Å². The first-order chi connectivity index (χ1) is 14.8. The van der Waals surface area contributed by atoms with E-state index in [1.807, 2.05) is 19.1 Å². The van der Waals surface area contributed by atoms with E-state index in [1.165, 1.54) is 6.07 Å². The van der Waals surface area contributed by atoms with Gasteiger partial charge in [0.2, 0.25) is 0 Å². The summed E-state index contributed by atoms with van der Waals surface area (Å²) >= 11 is 0. The summed E-state index contributed by atoms with van der Waals surface area (Å²) in [5, 5.41) is 8.70. The van der Waals surface area contributed by atoms with Gasteiger partial charge in [-0.15, -0.1) is 0 Å². The molecule has 0 spiro atoms. The maximum atomic E-state index is 13.3. The minimum absolute atomic E-state index is 0.203. The Morgan fingerprint density at radius 2 is 1.56 bits per heavy atom. The number of carbonyl (C=O) groups is 2. The van der Waals surface area contributed by atoms with Gasteiger partial charge < -0.3 is 16.6 Å². The quantitative estimate of drug-likeness (QED) is 0.434. The zero-order chi connectivity index (χ0) is 24.6. The number of carboxylic acids is 1. The molecule has 0 saturated heterocycles. The lowest BCUT2D eigenvalue weighted by molar-refractivity contribution is 0.0695. The minimum Gasteiger partial charge on any atom is -0.478 e. The number of aromatic carboxylic acids is 1. The molecule has 0 bridgehead atoms. The van der Waals surface area contributed by atoms with Crippen LogP contribution < -0.4 is 11.5 Å². The first-order valence-corrected chi connectivity index (χ1v) is 11.3. The maximum absolute atomic E-state index is 13.3. The van der Waals surface area contributed by atoms with Gasteiger partial charge in [-0.3, -0.25) is 4.79 Å². The van der Waals surface area contributed by atoms with Crippen LogP contribution in [0.1, 0.15) is 57.7 Å². The van der Waals surface area contributed by atoms with E-state index >= 15 is 0 Å². The molecule has 11 heteroatoms. The molecule has 5 N–H and O–H groups in total. The van der Waals surface area contributed by atoms with Crippen LogP contribution in [-0.2, 0) is 22.7 Å². The van der Waals surface area contributed by atoms with E-state index in [-0.39, 0.29) is 12.0 Å². The molecule has 0 atom stereocenters. The second-order valence-electron chi connectivity index (χ2n) is 6.60. The monoisotopic (exact) mass is 469 g/mol. The molecule has 0 aliphatic rings. The van der Waals surface area contributed by atoms with Gasteiger partial charge in [-0.05, 0) is 36.1 Å². The molecule has 0 aliphatic carbocycles. The topological polar surface area (TPSA) is 153 Å². The molecule has 0 heterocycles. The largest absolute Gasteiger partial charge is 0.478 e. The predicted molar refractivity (Wildman–Crippen MR) is 117 cm³/mol. The number of carbonyl (C=O) groups excluding carboxylic acids is 1. The van der Waals surface area contributed by atoms with Gasteiger partial charge in [0, 0.05) is 11.8 Å². The third kappa shape index (κ3) is 6.84. The fourth-order valence-corrected chi connectivity index (χ4v) is 4.27. The number of nitrogens with two attached hydrogens (primary N) is 2. The van der Waals surface area contributed by atoms with E-state index in [0.717, 1.165) is 24.3 Å². The molecule has 2 aromatic rings. The van der Waals surface area contributed by atoms with Crippen molar-refractivity contribution < 1.29 is 31.9 Å². The van der Waals surface area contributed by atoms with Gasteiger partial charge in [0.1, 0.15) is 0 Å². The lowest BCUT2D eigenvalue weighted by Gasteiger charge is -2.15. The standard InChI is InChI=1S/C12H15F2N3O3S.C9H10O2/c1-3-6-4-5-7(11(18)17-12(15)16)8(10(13)14)9(6)21(2,19)20;1-2-7-5-3-4-6-8(7)9(10)11/h4-5,10H,3H2,1-2H3,(H4,15,16,17,18);3-6H,2H2,1H3,(H,10,11). The first kappa shape index (κ1) is 26.7. The number of aliphatic imine (C=N–C) groups is 1. The molecule has 1 amide bonds. The number of halogens is 2. The summed E-state index contributed by atoms with van der Waals surface area (Å²) in [7, 11) is -3.95. The van der Waals surface area contributed by atoms with Crippen molar-refractivity contribution in [1.82, 2.24) is 0 Å². The first-order valence-electron chi connectivity index (χ1n) is 9.44. The molecule has 174 valence electrons. The molecule has 2 rings (SSSR count). The van der Waals surface area contributed by atoms with Crippen molar-refractivity contribution in [1.29, 1.82) is 0 Å². The van der Waals surface area contributed by atoms with Crippen molar-refractivity contribution >= 4 is 27.7 Å². The average Bonchev–Trinajstić information content (AvgIpc) is 2.71. The highest BCUT2D eigenvalue weighted by atomic mass is 32.2. The summed E-state index contributed by atoms with van der Waals surface area (Å²) < 4.78 is 50.2. The smallest absolute Gasteiger partial charge is 0.335 e. The Morgan fingerprint density at radius 1 is 1.00 bits per heavy atom. The molecular weight excluding hydrogens is 444 g/mol. The highest BCUT2D eigenvalue weighted by Gasteiger charge is 2.29. The van der Waals surface area contributed by atoms with Crippen LogP contribution in [-0.4, -0.2) is 37.6 Å². The molecule has 32 heavy (non-hydrogen) atoms. The second kappa shape index (κ2) is 11.3. The van der Waals surface area contributed by atoms with E-state index in [1.54, 1.807) is 19.1 Å². The van der Waals surface area contributed by atoms with Crippen LogP contribution in [0.2, 0.25) is 0 Å². The van der Waals surface area contributed by atoms with Crippen LogP contribution in [0.25, 0.3) is 0 Å². The van der Waals surface area contributed by atoms with Crippen LogP contribution in [0.15, 0.2) is 46.3 Å². The average molecular weight is 470 g/mol. The number of hydrogen-bond acceptors (Lipinski definition) is 4. The van der Waals surface area contributed by atoms with Gasteiger partial charge in [0.25, 0.3) is 12.3 Å². The predicted octanol–water partition coefficient (Wildman–Crippen LogP) is 2.95. The number of alkyl halides is 2. The summed E-state index contributed by atoms with van der Waals surface area (Å²) in [6.07, 6.45) is -1.36. The van der Waals surface area contributed by atoms with Crippen LogP contribution in [0, 0.1) is 0 Å². The van der Waals surface area contributed by atoms with Gasteiger partial charge in [-0.1, -0.05) is 38.1 Å². The summed E-state index contributed by atoms with van der Waals surface area (Å²) in [5.74, 6) is -2.55. The van der Waals surface area contributed by atoms with Crippen molar-refractivity contribution in [3.63, 3.8) is 0 Å². The van der Waals surface area contributed by atoms with Crippen LogP contribution in [0.4, 0.5) is 8.78 Å². The van der Waals surface area contributed by atoms with Gasteiger partial charge in [0.05, 0.1) is 16.0 Å². The fraction of sp³-hybridized carbons (Fsp3) is 0.286. The Balaban J connectivity index is 0.000000389. The van der Waals surface area contributed by atoms with Crippen molar-refractivity contribution in [2.24, 2.45) is 16.5 Å². The molecule has 0 aromatic heterocycles. The number of nitrogens with zero attached hydrogens (tertiary/aromatic N) is 1. The Hall–Kier alpha value is -3.34.